The van der Waals surface area contributed by atoms with Gasteiger partial charge in [0.15, 0.2) is 11.6 Å². The van der Waals surface area contributed by atoms with E-state index < -0.39 is 16.3 Å². The quantitative estimate of drug-likeness (QED) is 0.532. The standard InChI is InChI=1S/C22H27FN4O5/c1-22(2,3)32-21(28)26-11-9-25(10-12-26)16-7-5-15(6-8-16)24-18-14-20(31-4)17(23)13-19(18)27(29)30/h5-8,13-14,24H,9-12H2,1-4H3. The van der Waals surface area contributed by atoms with E-state index in [1.165, 1.54) is 13.2 Å². The van der Waals surface area contributed by atoms with Crippen molar-refractivity contribution in [3.63, 3.8) is 0 Å². The molecule has 0 atom stereocenters. The zero-order chi connectivity index (χ0) is 23.5. The molecule has 10 heteroatoms. The first-order valence-electron chi connectivity index (χ1n) is 10.2. The molecule has 0 bridgehead atoms. The number of carbonyl (C=O) groups is 1. The molecule has 0 aliphatic carbocycles. The largest absolute Gasteiger partial charge is 0.494 e. The van der Waals surface area contributed by atoms with E-state index in [9.17, 15) is 19.3 Å². The van der Waals surface area contributed by atoms with Crippen LogP contribution >= 0.6 is 0 Å². The molecule has 1 heterocycles. The number of amides is 1. The van der Waals surface area contributed by atoms with Crippen molar-refractivity contribution < 1.29 is 23.6 Å². The highest BCUT2D eigenvalue weighted by molar-refractivity contribution is 5.72. The Kier molecular flexibility index (Phi) is 6.71. The number of benzene rings is 2. The summed E-state index contributed by atoms with van der Waals surface area (Å²) in [5.74, 6) is -0.886. The molecule has 0 spiro atoms. The molecule has 1 fully saturated rings. The lowest BCUT2D eigenvalue weighted by Crippen LogP contribution is -2.50. The molecule has 3 rings (SSSR count). The third-order valence-corrected chi connectivity index (χ3v) is 4.91. The summed E-state index contributed by atoms with van der Waals surface area (Å²) in [6, 6.07) is 9.44. The average Bonchev–Trinajstić information content (AvgIpc) is 2.74. The van der Waals surface area contributed by atoms with Crippen LogP contribution in [0, 0.1) is 15.9 Å². The van der Waals surface area contributed by atoms with Gasteiger partial charge in [0.2, 0.25) is 0 Å². The Bertz CT molecular complexity index is 983. The molecule has 9 nitrogen and oxygen atoms in total. The summed E-state index contributed by atoms with van der Waals surface area (Å²) in [5, 5.41) is 14.2. The van der Waals surface area contributed by atoms with Crippen LogP contribution in [0.4, 0.5) is 31.9 Å². The van der Waals surface area contributed by atoms with E-state index in [0.29, 0.717) is 31.9 Å². The van der Waals surface area contributed by atoms with Crippen LogP contribution in [0.3, 0.4) is 0 Å². The van der Waals surface area contributed by atoms with Crippen molar-refractivity contribution in [1.29, 1.82) is 0 Å². The summed E-state index contributed by atoms with van der Waals surface area (Å²) >= 11 is 0. The van der Waals surface area contributed by atoms with Gasteiger partial charge in [-0.2, -0.15) is 0 Å². The molecule has 0 unspecified atom stereocenters. The maximum Gasteiger partial charge on any atom is 0.410 e. The van der Waals surface area contributed by atoms with Gasteiger partial charge in [-0.1, -0.05) is 0 Å². The second kappa shape index (κ2) is 9.29. The Hall–Kier alpha value is -3.56. The number of carbonyl (C=O) groups excluding carboxylic acids is 1. The number of halogens is 1. The predicted octanol–water partition coefficient (Wildman–Crippen LogP) is 4.54. The maximum absolute atomic E-state index is 13.9. The molecule has 1 amide bonds. The van der Waals surface area contributed by atoms with Gasteiger partial charge in [-0.15, -0.1) is 0 Å². The van der Waals surface area contributed by atoms with Crippen molar-refractivity contribution in [2.24, 2.45) is 0 Å². The van der Waals surface area contributed by atoms with Crippen LogP contribution < -0.4 is 15.0 Å². The van der Waals surface area contributed by atoms with Crippen LogP contribution in [0.1, 0.15) is 20.8 Å². The van der Waals surface area contributed by atoms with Gasteiger partial charge in [-0.25, -0.2) is 9.18 Å². The van der Waals surface area contributed by atoms with Gasteiger partial charge in [0.25, 0.3) is 5.69 Å². The minimum absolute atomic E-state index is 0.0856. The lowest BCUT2D eigenvalue weighted by Gasteiger charge is -2.36. The normalized spacial score (nSPS) is 14.2. The Morgan fingerprint density at radius 2 is 1.75 bits per heavy atom. The van der Waals surface area contributed by atoms with Crippen molar-refractivity contribution in [2.45, 2.75) is 26.4 Å². The highest BCUT2D eigenvalue weighted by Gasteiger charge is 2.26. The van der Waals surface area contributed by atoms with Gasteiger partial charge < -0.3 is 24.6 Å². The molecule has 1 N–H and O–H groups in total. The molecule has 2 aromatic rings. The van der Waals surface area contributed by atoms with Crippen molar-refractivity contribution in [1.82, 2.24) is 4.90 Å². The van der Waals surface area contributed by atoms with E-state index in [1.54, 1.807) is 17.0 Å². The van der Waals surface area contributed by atoms with Crippen molar-refractivity contribution in [3.8, 4) is 5.75 Å². The first-order chi connectivity index (χ1) is 15.1. The number of nitrogens with one attached hydrogen (secondary N) is 1. The molecule has 1 aliphatic heterocycles. The SMILES string of the molecule is COc1cc(Nc2ccc(N3CCN(C(=O)OC(C)(C)C)CC3)cc2)c([N+](=O)[O-])cc1F. The first kappa shape index (κ1) is 23.1. The lowest BCUT2D eigenvalue weighted by molar-refractivity contribution is -0.384. The van der Waals surface area contributed by atoms with Gasteiger partial charge in [0.05, 0.1) is 18.1 Å². The number of nitro groups is 1. The molecule has 0 radical (unpaired) electrons. The minimum atomic E-state index is -0.800. The molecular formula is C22H27FN4O5. The summed E-state index contributed by atoms with van der Waals surface area (Å²) in [6.45, 7) is 7.94. The molecule has 0 aromatic heterocycles. The maximum atomic E-state index is 13.9. The number of hydrogen-bond acceptors (Lipinski definition) is 7. The molecule has 0 saturated carbocycles. The van der Waals surface area contributed by atoms with Gasteiger partial charge in [0, 0.05) is 43.6 Å². The monoisotopic (exact) mass is 446 g/mol. The molecule has 172 valence electrons. The summed E-state index contributed by atoms with van der Waals surface area (Å²) in [4.78, 5) is 26.7. The van der Waals surface area contributed by atoms with Crippen molar-refractivity contribution in [2.75, 3.05) is 43.5 Å². The van der Waals surface area contributed by atoms with Crippen LogP contribution in [-0.4, -0.2) is 54.8 Å². The third-order valence-electron chi connectivity index (χ3n) is 4.91. The molecule has 1 aliphatic rings. The molecular weight excluding hydrogens is 419 g/mol. The second-order valence-corrected chi connectivity index (χ2v) is 8.39. The number of anilines is 3. The van der Waals surface area contributed by atoms with Crippen LogP contribution in [0.5, 0.6) is 5.75 Å². The van der Waals surface area contributed by atoms with Crippen LogP contribution in [0.25, 0.3) is 0 Å². The van der Waals surface area contributed by atoms with E-state index in [1.807, 2.05) is 32.9 Å². The van der Waals surface area contributed by atoms with Gasteiger partial charge in [-0.3, -0.25) is 10.1 Å². The van der Waals surface area contributed by atoms with Crippen molar-refractivity contribution in [3.05, 3.63) is 52.3 Å². The molecule has 2 aromatic carbocycles. The zero-order valence-corrected chi connectivity index (χ0v) is 18.6. The fourth-order valence-corrected chi connectivity index (χ4v) is 3.34. The Balaban J connectivity index is 1.66. The topological polar surface area (TPSA) is 97.2 Å². The number of rotatable bonds is 5. The predicted molar refractivity (Wildman–Crippen MR) is 119 cm³/mol. The van der Waals surface area contributed by atoms with E-state index in [4.69, 9.17) is 9.47 Å². The van der Waals surface area contributed by atoms with E-state index in [-0.39, 0.29) is 23.2 Å². The Morgan fingerprint density at radius 1 is 1.12 bits per heavy atom. The highest BCUT2D eigenvalue weighted by Crippen LogP contribution is 2.34. The number of hydrogen-bond donors (Lipinski definition) is 1. The van der Waals surface area contributed by atoms with Gasteiger partial charge in [0.1, 0.15) is 11.3 Å². The Labute approximate surface area is 185 Å². The minimum Gasteiger partial charge on any atom is -0.494 e. The van der Waals surface area contributed by atoms with E-state index >= 15 is 0 Å². The summed E-state index contributed by atoms with van der Waals surface area (Å²) < 4.78 is 24.2. The fourth-order valence-electron chi connectivity index (χ4n) is 3.34. The molecule has 1 saturated heterocycles. The zero-order valence-electron chi connectivity index (χ0n) is 18.6. The smallest absolute Gasteiger partial charge is 0.410 e. The van der Waals surface area contributed by atoms with E-state index in [0.717, 1.165) is 11.8 Å². The van der Waals surface area contributed by atoms with Crippen LogP contribution in [-0.2, 0) is 4.74 Å². The summed E-state index contributed by atoms with van der Waals surface area (Å²) in [7, 11) is 1.30. The summed E-state index contributed by atoms with van der Waals surface area (Å²) in [5.41, 5.74) is 0.793. The van der Waals surface area contributed by atoms with Gasteiger partial charge >= 0.3 is 6.09 Å². The van der Waals surface area contributed by atoms with Crippen molar-refractivity contribution >= 4 is 28.8 Å². The third kappa shape index (κ3) is 5.57. The lowest BCUT2D eigenvalue weighted by atomic mass is 10.2. The Morgan fingerprint density at radius 3 is 2.28 bits per heavy atom. The number of nitrogens with zero attached hydrogens (tertiary/aromatic N) is 3. The summed E-state index contributed by atoms with van der Waals surface area (Å²) in [6.07, 6.45) is -0.312. The number of piperazine rings is 1. The van der Waals surface area contributed by atoms with Crippen LogP contribution in [0.15, 0.2) is 36.4 Å². The van der Waals surface area contributed by atoms with E-state index in [2.05, 4.69) is 10.2 Å². The van der Waals surface area contributed by atoms with Crippen LogP contribution in [0.2, 0.25) is 0 Å². The number of nitro benzene ring substituents is 1. The number of ether oxygens (including phenoxy) is 2. The first-order valence-corrected chi connectivity index (χ1v) is 10.2. The molecule has 32 heavy (non-hydrogen) atoms. The number of methoxy groups -OCH3 is 1. The average molecular weight is 446 g/mol. The van der Waals surface area contributed by atoms with Gasteiger partial charge in [-0.05, 0) is 45.0 Å². The fraction of sp³-hybridized carbons (Fsp3) is 0.409. The highest BCUT2D eigenvalue weighted by atomic mass is 19.1. The second-order valence-electron chi connectivity index (χ2n) is 8.39.